The minimum absolute atomic E-state index is 0.0169. The normalized spacial score (nSPS) is 17.7. The lowest BCUT2D eigenvalue weighted by atomic mass is 9.79. The van der Waals surface area contributed by atoms with Crippen molar-refractivity contribution in [1.82, 2.24) is 41.0 Å². The van der Waals surface area contributed by atoms with Crippen molar-refractivity contribution in [2.24, 2.45) is 0 Å². The molecule has 14 heteroatoms. The van der Waals surface area contributed by atoms with E-state index in [0.29, 0.717) is 40.3 Å². The van der Waals surface area contributed by atoms with E-state index in [4.69, 9.17) is 9.47 Å². The first-order valence-corrected chi connectivity index (χ1v) is 21.7. The summed E-state index contributed by atoms with van der Waals surface area (Å²) >= 11 is 0. The van der Waals surface area contributed by atoms with Crippen LogP contribution < -0.4 is 30.6 Å². The van der Waals surface area contributed by atoms with Gasteiger partial charge in [0.25, 0.3) is 0 Å². The number of phenolic OH excluding ortho intramolecular Hbond substituents is 2. The number of nitrogens with zero attached hydrogens (tertiary/aromatic N) is 6. The van der Waals surface area contributed by atoms with Crippen LogP contribution in [0.25, 0.3) is 44.8 Å². The molecule has 0 bridgehead atoms. The summed E-state index contributed by atoms with van der Waals surface area (Å²) in [6.07, 6.45) is 7.13. The Morgan fingerprint density at radius 3 is 1.64 bits per heavy atom. The van der Waals surface area contributed by atoms with Crippen molar-refractivity contribution < 1.29 is 19.7 Å². The fourth-order valence-corrected chi connectivity index (χ4v) is 9.58. The van der Waals surface area contributed by atoms with Crippen LogP contribution >= 0.6 is 0 Å². The first-order chi connectivity index (χ1) is 30.2. The number of hydrogen-bond acceptors (Lipinski definition) is 13. The standard InChI is InChI=1S/C26H33N5O2.C24H28N4O3/c1-25(2)15-19(16-26(3,4)30-25)31(5)23-10-9-21(28-29-23)20-8-7-17(13-22(20)32)18-11-12-27-24(14-18)33-6;1-23(2)13-17(14-24(3,4)28-23)31-22-8-7-19(26-27-22)18-6-5-15(11-20(18)29)16-9-10-25-21(30)12-16/h7-14,19,30,32H,15-16H2,1-6H3;5-12,17,28-29H,13-14H2,1-4H3,(H,25,30). The van der Waals surface area contributed by atoms with Crippen molar-refractivity contribution >= 4 is 5.82 Å². The minimum Gasteiger partial charge on any atom is -0.507 e. The van der Waals surface area contributed by atoms with Gasteiger partial charge in [-0.3, -0.25) is 4.79 Å². The number of rotatable bonds is 9. The summed E-state index contributed by atoms with van der Waals surface area (Å²) in [7, 11) is 3.67. The van der Waals surface area contributed by atoms with Gasteiger partial charge in [0.2, 0.25) is 17.3 Å². The topological polar surface area (TPSA) is 184 Å². The number of piperidine rings is 2. The van der Waals surface area contributed by atoms with Gasteiger partial charge < -0.3 is 40.2 Å². The zero-order valence-electron chi connectivity index (χ0n) is 38.5. The number of methoxy groups -OCH3 is 1. The Labute approximate surface area is 375 Å². The Bertz CT molecular complexity index is 2600. The molecule has 8 rings (SSSR count). The maximum atomic E-state index is 11.5. The summed E-state index contributed by atoms with van der Waals surface area (Å²) in [4.78, 5) is 20.5. The van der Waals surface area contributed by atoms with E-state index < -0.39 is 0 Å². The van der Waals surface area contributed by atoms with E-state index in [0.717, 1.165) is 53.8 Å². The molecule has 6 aromatic rings. The van der Waals surface area contributed by atoms with Gasteiger partial charge in [0, 0.05) is 89.8 Å². The number of aromatic hydroxyl groups is 2. The van der Waals surface area contributed by atoms with E-state index in [2.05, 4.69) is 108 Å². The molecule has 0 aliphatic carbocycles. The highest BCUT2D eigenvalue weighted by molar-refractivity contribution is 5.75. The zero-order chi connectivity index (χ0) is 46.0. The van der Waals surface area contributed by atoms with Crippen LogP contribution in [0, 0.1) is 0 Å². The molecule has 0 saturated carbocycles. The fourth-order valence-electron chi connectivity index (χ4n) is 9.58. The van der Waals surface area contributed by atoms with Crippen molar-refractivity contribution in [2.75, 3.05) is 19.1 Å². The maximum absolute atomic E-state index is 11.5. The average molecular weight is 868 g/mol. The van der Waals surface area contributed by atoms with E-state index in [1.54, 1.807) is 55.9 Å². The molecule has 0 spiro atoms. The number of hydrogen-bond donors (Lipinski definition) is 5. The number of phenols is 2. The number of aromatic nitrogens is 6. The molecule has 64 heavy (non-hydrogen) atoms. The van der Waals surface area contributed by atoms with Gasteiger partial charge in [-0.25, -0.2) is 4.98 Å². The molecular formula is C50H61N9O5. The smallest absolute Gasteiger partial charge is 0.248 e. The largest absolute Gasteiger partial charge is 0.507 e. The molecule has 2 aromatic carbocycles. The van der Waals surface area contributed by atoms with Gasteiger partial charge in [0.1, 0.15) is 17.6 Å². The molecule has 2 aliphatic heterocycles. The first kappa shape index (κ1) is 45.6. The molecule has 6 heterocycles. The number of pyridine rings is 2. The van der Waals surface area contributed by atoms with Crippen molar-refractivity contribution in [3.8, 4) is 68.0 Å². The SMILES string of the molecule is CC1(C)CC(Oc2ccc(-c3ccc(-c4cc[nH]c(=O)c4)cc3O)nn2)CC(C)(C)N1.COc1cc(-c2ccc(-c3ccc(N(C)C4CC(C)(C)NC(C)(C)C4)nn3)c(O)c2)ccn1. The highest BCUT2D eigenvalue weighted by atomic mass is 16.5. The lowest BCUT2D eigenvalue weighted by molar-refractivity contribution is 0.0524. The van der Waals surface area contributed by atoms with Crippen LogP contribution in [-0.4, -0.2) is 89.0 Å². The molecule has 2 fully saturated rings. The number of nitrogens with one attached hydrogen (secondary N) is 3. The molecule has 14 nitrogen and oxygen atoms in total. The number of aromatic amines is 1. The van der Waals surface area contributed by atoms with E-state index in [-0.39, 0.29) is 45.3 Å². The van der Waals surface area contributed by atoms with Gasteiger partial charge in [-0.2, -0.15) is 0 Å². The molecule has 2 saturated heterocycles. The van der Waals surface area contributed by atoms with Crippen molar-refractivity contribution in [1.29, 1.82) is 0 Å². The predicted molar refractivity (Wildman–Crippen MR) is 252 cm³/mol. The Morgan fingerprint density at radius 1 is 0.609 bits per heavy atom. The third-order valence-electron chi connectivity index (χ3n) is 11.7. The molecular weight excluding hydrogens is 807 g/mol. The maximum Gasteiger partial charge on any atom is 0.248 e. The van der Waals surface area contributed by atoms with Gasteiger partial charge in [0.15, 0.2) is 5.82 Å². The van der Waals surface area contributed by atoms with Crippen molar-refractivity contribution in [3.05, 3.63) is 108 Å². The molecule has 5 N–H and O–H groups in total. The highest BCUT2D eigenvalue weighted by Crippen LogP contribution is 2.37. The monoisotopic (exact) mass is 867 g/mol. The molecule has 4 aromatic heterocycles. The Kier molecular flexibility index (Phi) is 12.8. The van der Waals surface area contributed by atoms with Gasteiger partial charge in [-0.1, -0.05) is 12.1 Å². The van der Waals surface area contributed by atoms with E-state index >= 15 is 0 Å². The van der Waals surface area contributed by atoms with Crippen LogP contribution in [0.3, 0.4) is 0 Å². The predicted octanol–water partition coefficient (Wildman–Crippen LogP) is 8.56. The number of H-pyrrole nitrogens is 1. The summed E-state index contributed by atoms with van der Waals surface area (Å²) in [5.74, 6) is 2.06. The number of ether oxygens (including phenoxy) is 2. The molecule has 336 valence electrons. The second kappa shape index (κ2) is 18.0. The molecule has 0 amide bonds. The highest BCUT2D eigenvalue weighted by Gasteiger charge is 2.40. The third kappa shape index (κ3) is 11.2. The van der Waals surface area contributed by atoms with Crippen LogP contribution in [0.5, 0.6) is 23.3 Å². The Balaban J connectivity index is 0.000000192. The quantitative estimate of drug-likeness (QED) is 0.0933. The van der Waals surface area contributed by atoms with Crippen LogP contribution in [0.2, 0.25) is 0 Å². The second-order valence-electron chi connectivity index (χ2n) is 19.6. The Hall–Kier alpha value is -6.38. The van der Waals surface area contributed by atoms with Crippen molar-refractivity contribution in [2.45, 2.75) is 115 Å². The zero-order valence-corrected chi connectivity index (χ0v) is 38.5. The number of anilines is 1. The molecule has 2 aliphatic rings. The summed E-state index contributed by atoms with van der Waals surface area (Å²) in [5.41, 5.74) is 5.55. The Morgan fingerprint density at radius 2 is 1.14 bits per heavy atom. The molecule has 0 radical (unpaired) electrons. The first-order valence-electron chi connectivity index (χ1n) is 21.7. The lowest BCUT2D eigenvalue weighted by Gasteiger charge is -2.49. The summed E-state index contributed by atoms with van der Waals surface area (Å²) in [6, 6.07) is 25.6. The van der Waals surface area contributed by atoms with Crippen LogP contribution in [0.15, 0.2) is 102 Å². The summed E-state index contributed by atoms with van der Waals surface area (Å²) in [6.45, 7) is 17.7. The van der Waals surface area contributed by atoms with Crippen LogP contribution in [0.4, 0.5) is 5.82 Å². The van der Waals surface area contributed by atoms with E-state index in [1.807, 2.05) is 42.5 Å². The van der Waals surface area contributed by atoms with Crippen molar-refractivity contribution in [3.63, 3.8) is 0 Å². The summed E-state index contributed by atoms with van der Waals surface area (Å²) < 4.78 is 11.3. The second-order valence-corrected chi connectivity index (χ2v) is 19.6. The van der Waals surface area contributed by atoms with Gasteiger partial charge in [-0.05, 0) is 145 Å². The van der Waals surface area contributed by atoms with Gasteiger partial charge in [0.05, 0.1) is 18.5 Å². The minimum atomic E-state index is -0.192. The molecule has 0 atom stereocenters. The van der Waals surface area contributed by atoms with Gasteiger partial charge >= 0.3 is 0 Å². The van der Waals surface area contributed by atoms with Crippen LogP contribution in [0.1, 0.15) is 81.1 Å². The lowest BCUT2D eigenvalue weighted by Crippen LogP contribution is -2.62. The fraction of sp³-hybridized carbons (Fsp3) is 0.400. The van der Waals surface area contributed by atoms with Crippen LogP contribution in [-0.2, 0) is 0 Å². The summed E-state index contributed by atoms with van der Waals surface area (Å²) in [5, 5.41) is 46.0. The van der Waals surface area contributed by atoms with E-state index in [1.165, 1.54) is 6.07 Å². The van der Waals surface area contributed by atoms with Gasteiger partial charge in [-0.15, -0.1) is 20.4 Å². The van der Waals surface area contributed by atoms with E-state index in [9.17, 15) is 15.0 Å². The number of benzene rings is 2. The average Bonchev–Trinajstić information content (AvgIpc) is 3.22. The third-order valence-corrected chi connectivity index (χ3v) is 11.7. The molecule has 0 unspecified atom stereocenters.